The fourth-order valence-corrected chi connectivity index (χ4v) is 1.76. The zero-order valence-corrected chi connectivity index (χ0v) is 9.90. The van der Waals surface area contributed by atoms with Crippen molar-refractivity contribution in [2.45, 2.75) is 20.3 Å². The van der Waals surface area contributed by atoms with E-state index in [2.05, 4.69) is 36.3 Å². The molecule has 0 unspecified atom stereocenters. The fourth-order valence-electron chi connectivity index (χ4n) is 1.76. The smallest absolute Gasteiger partial charge is 0.138 e. The third kappa shape index (κ3) is 2.10. The summed E-state index contributed by atoms with van der Waals surface area (Å²) in [6.45, 7) is 4.42. The number of aromatic nitrogens is 3. The zero-order chi connectivity index (χ0) is 11.5. The Morgan fingerprint density at radius 1 is 1.44 bits per heavy atom. The lowest BCUT2D eigenvalue weighted by molar-refractivity contribution is 0.413. The molecule has 2 aromatic rings. The fraction of sp³-hybridized carbons (Fsp3) is 0.417. The van der Waals surface area contributed by atoms with Crippen molar-refractivity contribution in [1.82, 2.24) is 15.0 Å². The molecule has 0 saturated heterocycles. The Hall–Kier alpha value is -1.71. The molecule has 1 heterocycles. The Balaban J connectivity index is 2.37. The third-order valence-electron chi connectivity index (χ3n) is 2.51. The molecule has 4 heteroatoms. The summed E-state index contributed by atoms with van der Waals surface area (Å²) < 4.78 is 7.16. The van der Waals surface area contributed by atoms with E-state index in [0.29, 0.717) is 5.92 Å². The van der Waals surface area contributed by atoms with E-state index in [9.17, 15) is 0 Å². The molecule has 1 aromatic carbocycles. The molecule has 0 saturated carbocycles. The second-order valence-corrected chi connectivity index (χ2v) is 4.31. The maximum absolute atomic E-state index is 5.25. The first kappa shape index (κ1) is 10.8. The highest BCUT2D eigenvalue weighted by molar-refractivity contribution is 5.45. The minimum absolute atomic E-state index is 0.615. The monoisotopic (exact) mass is 219 g/mol. The van der Waals surface area contributed by atoms with E-state index >= 15 is 0 Å². The van der Waals surface area contributed by atoms with Gasteiger partial charge in [-0.3, -0.25) is 0 Å². The van der Waals surface area contributed by atoms with E-state index < -0.39 is 0 Å². The molecule has 0 aliphatic heterocycles. The van der Waals surface area contributed by atoms with Crippen LogP contribution in [0.25, 0.3) is 5.69 Å². The molecule has 16 heavy (non-hydrogen) atoms. The van der Waals surface area contributed by atoms with Crippen LogP contribution in [0.4, 0.5) is 0 Å². The minimum atomic E-state index is 0.615. The van der Waals surface area contributed by atoms with E-state index in [-0.39, 0.29) is 0 Å². The number of hydrogen-bond acceptors (Lipinski definition) is 2. The van der Waals surface area contributed by atoms with Crippen molar-refractivity contribution in [1.29, 1.82) is 0 Å². The van der Waals surface area contributed by atoms with Crippen LogP contribution in [0.15, 0.2) is 24.5 Å². The van der Waals surface area contributed by atoms with Gasteiger partial charge in [0.25, 0.3) is 0 Å². The summed E-state index contributed by atoms with van der Waals surface area (Å²) in [5.41, 5.74) is 2.41. The molecule has 0 bridgehead atoms. The molecule has 0 atom stereocenters. The number of ether oxygens (including phenoxy) is 1. The lowest BCUT2D eigenvalue weighted by atomic mass is 10.0. The molecular formula is C12H17N3O. The normalized spacial score (nSPS) is 11.0. The Morgan fingerprint density at radius 2 is 2.19 bits per heavy atom. The average Bonchev–Trinajstić information content (AvgIpc) is 2.17. The molecule has 4 nitrogen and oxygen atoms in total. The Bertz CT molecular complexity index is 447. The lowest BCUT2D eigenvalue weighted by Gasteiger charge is -2.15. The van der Waals surface area contributed by atoms with E-state index in [4.69, 9.17) is 4.74 Å². The number of nitrogens with zero attached hydrogens (tertiary/aromatic N) is 2. The van der Waals surface area contributed by atoms with Crippen molar-refractivity contribution in [3.63, 3.8) is 0 Å². The summed E-state index contributed by atoms with van der Waals surface area (Å²) in [6, 6.07) is 6.10. The number of H-pyrrole nitrogens is 1. The van der Waals surface area contributed by atoms with Gasteiger partial charge in [0.15, 0.2) is 0 Å². The first-order valence-electron chi connectivity index (χ1n) is 5.45. The van der Waals surface area contributed by atoms with Crippen molar-refractivity contribution in [3.8, 4) is 11.4 Å². The highest BCUT2D eigenvalue weighted by atomic mass is 16.5. The number of benzene rings is 1. The molecule has 0 amide bonds. The van der Waals surface area contributed by atoms with Gasteiger partial charge in [0, 0.05) is 0 Å². The van der Waals surface area contributed by atoms with Gasteiger partial charge in [-0.1, -0.05) is 13.8 Å². The molecule has 0 aliphatic carbocycles. The lowest BCUT2D eigenvalue weighted by Crippen LogP contribution is -2.11. The van der Waals surface area contributed by atoms with Crippen LogP contribution in [0.5, 0.6) is 5.75 Å². The highest BCUT2D eigenvalue weighted by Gasteiger charge is 2.09. The molecule has 0 aliphatic rings. The second kappa shape index (κ2) is 4.43. The van der Waals surface area contributed by atoms with Gasteiger partial charge in [-0.15, -0.1) is 5.10 Å². The predicted molar refractivity (Wildman–Crippen MR) is 63.0 cm³/mol. The number of hydrogen-bond donors (Lipinski definition) is 1. The molecule has 1 aromatic heterocycles. The number of aromatic amines is 1. The molecule has 0 spiro atoms. The Kier molecular flexibility index (Phi) is 2.99. The summed E-state index contributed by atoms with van der Waals surface area (Å²) in [6.07, 6.45) is 2.80. The van der Waals surface area contributed by atoms with Crippen LogP contribution in [0.2, 0.25) is 0 Å². The zero-order valence-electron chi connectivity index (χ0n) is 9.90. The highest BCUT2D eigenvalue weighted by Crippen LogP contribution is 2.23. The number of rotatable bonds is 4. The number of methoxy groups -OCH3 is 1. The molecule has 0 radical (unpaired) electrons. The summed E-state index contributed by atoms with van der Waals surface area (Å²) in [5.74, 6) is 1.51. The largest absolute Gasteiger partial charge is 0.497 e. The van der Waals surface area contributed by atoms with Crippen LogP contribution in [0.3, 0.4) is 0 Å². The Labute approximate surface area is 95.2 Å². The average molecular weight is 219 g/mol. The minimum Gasteiger partial charge on any atom is -0.497 e. The van der Waals surface area contributed by atoms with Gasteiger partial charge < -0.3 is 4.74 Å². The molecule has 86 valence electrons. The summed E-state index contributed by atoms with van der Waals surface area (Å²) in [4.78, 5) is 0. The van der Waals surface area contributed by atoms with Gasteiger partial charge in [-0.25, -0.2) is 9.90 Å². The first-order valence-corrected chi connectivity index (χ1v) is 5.45. The van der Waals surface area contributed by atoms with Crippen LogP contribution in [-0.4, -0.2) is 22.1 Å². The molecule has 0 fully saturated rings. The van der Waals surface area contributed by atoms with E-state index in [1.54, 1.807) is 13.4 Å². The Morgan fingerprint density at radius 3 is 2.69 bits per heavy atom. The molecule has 1 N–H and O–H groups in total. The van der Waals surface area contributed by atoms with Gasteiger partial charge in [0.05, 0.1) is 12.8 Å². The van der Waals surface area contributed by atoms with E-state index in [0.717, 1.165) is 17.9 Å². The standard InChI is InChI=1S/C12H17N3O/c1-9(2)6-10-7-11(16-3)4-5-12(10)15-8-13-14-15/h4-5,7-9,14H,6H2,1-3H3. The van der Waals surface area contributed by atoms with Crippen LogP contribution in [0.1, 0.15) is 19.4 Å². The summed E-state index contributed by atoms with van der Waals surface area (Å²) in [7, 11) is 1.69. The van der Waals surface area contributed by atoms with Crippen molar-refractivity contribution in [3.05, 3.63) is 30.1 Å². The summed E-state index contributed by atoms with van der Waals surface area (Å²) >= 11 is 0. The van der Waals surface area contributed by atoms with Gasteiger partial charge in [0.1, 0.15) is 12.1 Å². The molecule has 2 rings (SSSR count). The first-order chi connectivity index (χ1) is 7.70. The van der Waals surface area contributed by atoms with E-state index in [1.807, 2.05) is 10.7 Å². The van der Waals surface area contributed by atoms with Crippen LogP contribution < -0.4 is 4.74 Å². The second-order valence-electron chi connectivity index (χ2n) is 4.31. The van der Waals surface area contributed by atoms with Gasteiger partial charge in [-0.05, 0) is 36.1 Å². The topological polar surface area (TPSA) is 42.8 Å². The molecular weight excluding hydrogens is 202 g/mol. The summed E-state index contributed by atoms with van der Waals surface area (Å²) in [5, 5.41) is 6.73. The SMILES string of the molecule is COc1ccc(-n2cn[nH]2)c(CC(C)C)c1. The van der Waals surface area contributed by atoms with Crippen LogP contribution >= 0.6 is 0 Å². The number of nitrogens with one attached hydrogen (secondary N) is 1. The van der Waals surface area contributed by atoms with Crippen molar-refractivity contribution in [2.24, 2.45) is 5.92 Å². The van der Waals surface area contributed by atoms with Crippen molar-refractivity contribution in [2.75, 3.05) is 7.11 Å². The van der Waals surface area contributed by atoms with Gasteiger partial charge in [-0.2, -0.15) is 0 Å². The van der Waals surface area contributed by atoms with Crippen molar-refractivity contribution >= 4 is 0 Å². The predicted octanol–water partition coefficient (Wildman–Crippen LogP) is 2.41. The maximum atomic E-state index is 5.25. The van der Waals surface area contributed by atoms with Crippen LogP contribution in [-0.2, 0) is 6.42 Å². The van der Waals surface area contributed by atoms with Crippen LogP contribution in [0, 0.1) is 5.92 Å². The third-order valence-corrected chi connectivity index (χ3v) is 2.51. The van der Waals surface area contributed by atoms with Crippen molar-refractivity contribution < 1.29 is 4.74 Å². The van der Waals surface area contributed by atoms with Gasteiger partial charge >= 0.3 is 0 Å². The maximum Gasteiger partial charge on any atom is 0.138 e. The quantitative estimate of drug-likeness (QED) is 0.858. The van der Waals surface area contributed by atoms with E-state index in [1.165, 1.54) is 5.56 Å². The van der Waals surface area contributed by atoms with Gasteiger partial charge in [0.2, 0.25) is 0 Å².